The molecule has 2 atom stereocenters. The van der Waals surface area contributed by atoms with Gasteiger partial charge in [0, 0.05) is 6.42 Å². The van der Waals surface area contributed by atoms with E-state index in [2.05, 4.69) is 38.2 Å². The summed E-state index contributed by atoms with van der Waals surface area (Å²) < 4.78 is 0. The Kier molecular flexibility index (Phi) is 7.44. The lowest BCUT2D eigenvalue weighted by molar-refractivity contribution is -0.122. The molecular weight excluding hydrogens is 260 g/mol. The zero-order valence-electron chi connectivity index (χ0n) is 13.9. The molecule has 1 amide bonds. The fourth-order valence-corrected chi connectivity index (χ4v) is 2.81. The first-order chi connectivity index (χ1) is 9.95. The minimum Gasteiger partial charge on any atom is -0.350 e. The van der Waals surface area contributed by atoms with Crippen LogP contribution in [-0.2, 0) is 4.79 Å². The van der Waals surface area contributed by atoms with Crippen molar-refractivity contribution in [3.63, 3.8) is 0 Å². The van der Waals surface area contributed by atoms with Gasteiger partial charge in [0.05, 0.1) is 6.04 Å². The third-order valence-electron chi connectivity index (χ3n) is 4.25. The lowest BCUT2D eigenvalue weighted by Gasteiger charge is -2.21. The highest BCUT2D eigenvalue weighted by molar-refractivity contribution is 5.76. The Morgan fingerprint density at radius 2 is 1.86 bits per heavy atom. The van der Waals surface area contributed by atoms with Crippen LogP contribution in [0.25, 0.3) is 0 Å². The zero-order chi connectivity index (χ0) is 15.8. The Balaban J connectivity index is 2.48. The van der Waals surface area contributed by atoms with Gasteiger partial charge < -0.3 is 11.1 Å². The Bertz CT molecular complexity index is 443. The zero-order valence-corrected chi connectivity index (χ0v) is 13.9. The number of benzene rings is 1. The Morgan fingerprint density at radius 1 is 1.19 bits per heavy atom. The number of hydrogen-bond acceptors (Lipinski definition) is 2. The predicted molar refractivity (Wildman–Crippen MR) is 89.0 cm³/mol. The van der Waals surface area contributed by atoms with Gasteiger partial charge in [0.15, 0.2) is 0 Å². The van der Waals surface area contributed by atoms with Gasteiger partial charge in [-0.05, 0) is 56.2 Å². The summed E-state index contributed by atoms with van der Waals surface area (Å²) in [5.74, 6) is 1.25. The van der Waals surface area contributed by atoms with E-state index >= 15 is 0 Å². The molecule has 0 aliphatic heterocycles. The van der Waals surface area contributed by atoms with Crippen molar-refractivity contribution in [3.8, 4) is 0 Å². The molecule has 0 aliphatic carbocycles. The van der Waals surface area contributed by atoms with E-state index in [-0.39, 0.29) is 11.9 Å². The van der Waals surface area contributed by atoms with Gasteiger partial charge in [-0.2, -0.15) is 0 Å². The molecule has 0 radical (unpaired) electrons. The van der Waals surface area contributed by atoms with Gasteiger partial charge in [-0.15, -0.1) is 0 Å². The van der Waals surface area contributed by atoms with Gasteiger partial charge in [-0.25, -0.2) is 0 Å². The molecule has 2 unspecified atom stereocenters. The van der Waals surface area contributed by atoms with Crippen LogP contribution in [0.4, 0.5) is 0 Å². The van der Waals surface area contributed by atoms with Crippen molar-refractivity contribution < 1.29 is 4.79 Å². The van der Waals surface area contributed by atoms with Gasteiger partial charge in [-0.1, -0.05) is 38.1 Å². The summed E-state index contributed by atoms with van der Waals surface area (Å²) in [6.07, 6.45) is 2.50. The monoisotopic (exact) mass is 290 g/mol. The van der Waals surface area contributed by atoms with Crippen molar-refractivity contribution in [2.75, 3.05) is 6.54 Å². The maximum Gasteiger partial charge on any atom is 0.220 e. The molecule has 118 valence electrons. The van der Waals surface area contributed by atoms with E-state index in [9.17, 15) is 4.79 Å². The Morgan fingerprint density at radius 3 is 2.43 bits per heavy atom. The van der Waals surface area contributed by atoms with Gasteiger partial charge in [-0.3, -0.25) is 4.79 Å². The van der Waals surface area contributed by atoms with Crippen LogP contribution in [0.5, 0.6) is 0 Å². The van der Waals surface area contributed by atoms with Gasteiger partial charge in [0.25, 0.3) is 0 Å². The lowest BCUT2D eigenvalue weighted by atomic mass is 9.88. The summed E-state index contributed by atoms with van der Waals surface area (Å²) >= 11 is 0. The molecule has 1 aromatic carbocycles. The summed E-state index contributed by atoms with van der Waals surface area (Å²) in [7, 11) is 0. The topological polar surface area (TPSA) is 55.1 Å². The molecule has 0 saturated heterocycles. The molecular formula is C18H30N2O. The molecule has 1 aromatic rings. The number of carbonyl (C=O) groups is 1. The van der Waals surface area contributed by atoms with E-state index in [1.54, 1.807) is 0 Å². The first-order valence-electron chi connectivity index (χ1n) is 8.00. The van der Waals surface area contributed by atoms with E-state index in [1.165, 1.54) is 11.1 Å². The second-order valence-corrected chi connectivity index (χ2v) is 6.27. The lowest BCUT2D eigenvalue weighted by Crippen LogP contribution is -2.28. The van der Waals surface area contributed by atoms with E-state index < -0.39 is 0 Å². The quantitative estimate of drug-likeness (QED) is 0.769. The van der Waals surface area contributed by atoms with Gasteiger partial charge >= 0.3 is 0 Å². The maximum atomic E-state index is 12.1. The van der Waals surface area contributed by atoms with Gasteiger partial charge in [0.2, 0.25) is 5.91 Å². The first kappa shape index (κ1) is 17.7. The molecule has 21 heavy (non-hydrogen) atoms. The standard InChI is InChI=1S/C18H30N2O/c1-13(2)16(11-12-19)9-10-18(21)20-15(4)17-8-6-5-7-14(17)3/h5-8,13,15-16H,9-12,19H2,1-4H3,(H,20,21). The SMILES string of the molecule is Cc1ccccc1C(C)NC(=O)CCC(CCN)C(C)C. The average molecular weight is 290 g/mol. The Labute approximate surface area is 129 Å². The van der Waals surface area contributed by atoms with Crippen LogP contribution < -0.4 is 11.1 Å². The molecule has 0 aliphatic rings. The highest BCUT2D eigenvalue weighted by Crippen LogP contribution is 2.21. The molecule has 1 rings (SSSR count). The van der Waals surface area contributed by atoms with Crippen LogP contribution in [0.2, 0.25) is 0 Å². The number of hydrogen-bond donors (Lipinski definition) is 2. The summed E-state index contributed by atoms with van der Waals surface area (Å²) in [6, 6.07) is 8.25. The molecule has 3 N–H and O–H groups in total. The fraction of sp³-hybridized carbons (Fsp3) is 0.611. The molecule has 0 fully saturated rings. The number of carbonyl (C=O) groups excluding carboxylic acids is 1. The van der Waals surface area contributed by atoms with Crippen molar-refractivity contribution in [2.24, 2.45) is 17.6 Å². The number of nitrogens with one attached hydrogen (secondary N) is 1. The average Bonchev–Trinajstić information content (AvgIpc) is 2.43. The van der Waals surface area contributed by atoms with Crippen LogP contribution in [0.1, 0.15) is 57.2 Å². The highest BCUT2D eigenvalue weighted by atomic mass is 16.1. The third-order valence-corrected chi connectivity index (χ3v) is 4.25. The molecule has 3 nitrogen and oxygen atoms in total. The highest BCUT2D eigenvalue weighted by Gasteiger charge is 2.16. The van der Waals surface area contributed by atoms with Crippen molar-refractivity contribution in [1.29, 1.82) is 0 Å². The molecule has 0 aromatic heterocycles. The van der Waals surface area contributed by atoms with Crippen LogP contribution in [0.3, 0.4) is 0 Å². The van der Waals surface area contributed by atoms with Crippen molar-refractivity contribution in [2.45, 2.75) is 53.0 Å². The van der Waals surface area contributed by atoms with Crippen LogP contribution in [-0.4, -0.2) is 12.5 Å². The smallest absolute Gasteiger partial charge is 0.220 e. The number of aryl methyl sites for hydroxylation is 1. The first-order valence-corrected chi connectivity index (χ1v) is 8.00. The maximum absolute atomic E-state index is 12.1. The third kappa shape index (κ3) is 5.88. The number of amides is 1. The second-order valence-electron chi connectivity index (χ2n) is 6.27. The van der Waals surface area contributed by atoms with Crippen LogP contribution in [0, 0.1) is 18.8 Å². The van der Waals surface area contributed by atoms with Crippen molar-refractivity contribution >= 4 is 5.91 Å². The van der Waals surface area contributed by atoms with Crippen molar-refractivity contribution in [3.05, 3.63) is 35.4 Å². The normalized spacial score (nSPS) is 14.0. The van der Waals surface area contributed by atoms with E-state index in [4.69, 9.17) is 5.73 Å². The number of nitrogens with two attached hydrogens (primary N) is 1. The largest absolute Gasteiger partial charge is 0.350 e. The van der Waals surface area contributed by atoms with Crippen molar-refractivity contribution in [1.82, 2.24) is 5.32 Å². The molecule has 0 heterocycles. The van der Waals surface area contributed by atoms with E-state index in [0.29, 0.717) is 24.8 Å². The molecule has 3 heteroatoms. The minimum absolute atomic E-state index is 0.0608. The molecule has 0 saturated carbocycles. The summed E-state index contributed by atoms with van der Waals surface area (Å²) in [6.45, 7) is 9.22. The Hall–Kier alpha value is -1.35. The summed E-state index contributed by atoms with van der Waals surface area (Å²) in [4.78, 5) is 12.1. The number of rotatable bonds is 8. The van der Waals surface area contributed by atoms with E-state index in [0.717, 1.165) is 12.8 Å². The summed E-state index contributed by atoms with van der Waals surface area (Å²) in [5.41, 5.74) is 8.05. The van der Waals surface area contributed by atoms with E-state index in [1.807, 2.05) is 19.1 Å². The fourth-order valence-electron chi connectivity index (χ4n) is 2.81. The minimum atomic E-state index is 0.0608. The predicted octanol–water partition coefficient (Wildman–Crippen LogP) is 3.57. The summed E-state index contributed by atoms with van der Waals surface area (Å²) in [5, 5.41) is 3.10. The molecule has 0 bridgehead atoms. The molecule has 0 spiro atoms. The van der Waals surface area contributed by atoms with Crippen LogP contribution >= 0.6 is 0 Å². The van der Waals surface area contributed by atoms with Crippen LogP contribution in [0.15, 0.2) is 24.3 Å². The second kappa shape index (κ2) is 8.83. The van der Waals surface area contributed by atoms with Gasteiger partial charge in [0.1, 0.15) is 0 Å².